The van der Waals surface area contributed by atoms with Gasteiger partial charge in [-0.25, -0.2) is 14.8 Å². The molecule has 0 atom stereocenters. The van der Waals surface area contributed by atoms with Crippen molar-refractivity contribution in [2.24, 2.45) is 0 Å². The second-order valence-electron chi connectivity index (χ2n) is 8.50. The van der Waals surface area contributed by atoms with Gasteiger partial charge in [0.05, 0.1) is 10.6 Å². The van der Waals surface area contributed by atoms with E-state index in [1.165, 1.54) is 23.6 Å². The molecule has 0 aliphatic heterocycles. The van der Waals surface area contributed by atoms with Gasteiger partial charge < -0.3 is 14.6 Å². The first-order valence-electron chi connectivity index (χ1n) is 11.8. The van der Waals surface area contributed by atoms with Gasteiger partial charge in [0.1, 0.15) is 23.1 Å². The third-order valence-electron chi connectivity index (χ3n) is 5.79. The molecule has 190 valence electrons. The van der Waals surface area contributed by atoms with Crippen molar-refractivity contribution in [3.05, 3.63) is 108 Å². The summed E-state index contributed by atoms with van der Waals surface area (Å²) in [6, 6.07) is 26.6. The highest BCUT2D eigenvalue weighted by Crippen LogP contribution is 2.38. The van der Waals surface area contributed by atoms with Crippen molar-refractivity contribution in [3.8, 4) is 44.3 Å². The smallest absolute Gasteiger partial charge is 0.341 e. The van der Waals surface area contributed by atoms with Gasteiger partial charge in [-0.2, -0.15) is 4.39 Å². The topological polar surface area (TPSA) is 81.5 Å². The minimum atomic E-state index is -1.04. The third kappa shape index (κ3) is 5.87. The van der Waals surface area contributed by atoms with E-state index in [2.05, 4.69) is 41.4 Å². The summed E-state index contributed by atoms with van der Waals surface area (Å²) in [6.07, 6.45) is 1.48. The molecule has 0 amide bonds. The van der Waals surface area contributed by atoms with Crippen LogP contribution in [0.5, 0.6) is 11.5 Å². The number of pyridine rings is 1. The Bertz CT molecular complexity index is 1550. The zero-order chi connectivity index (χ0) is 26.5. The van der Waals surface area contributed by atoms with E-state index in [9.17, 15) is 9.18 Å². The molecule has 0 unspecified atom stereocenters. The number of hydrogen-bond acceptors (Lipinski definition) is 6. The lowest BCUT2D eigenvalue weighted by molar-refractivity contribution is -0.139. The van der Waals surface area contributed by atoms with Crippen molar-refractivity contribution >= 4 is 17.3 Å². The lowest BCUT2D eigenvalue weighted by Crippen LogP contribution is -2.10. The lowest BCUT2D eigenvalue weighted by Gasteiger charge is -2.09. The summed E-state index contributed by atoms with van der Waals surface area (Å²) in [6.45, 7) is 1.64. The van der Waals surface area contributed by atoms with E-state index >= 15 is 0 Å². The van der Waals surface area contributed by atoms with Crippen LogP contribution in [-0.2, 0) is 11.4 Å². The number of carboxylic acids is 1. The van der Waals surface area contributed by atoms with Crippen LogP contribution in [0.15, 0.2) is 91.1 Å². The van der Waals surface area contributed by atoms with Crippen molar-refractivity contribution in [1.29, 1.82) is 0 Å². The van der Waals surface area contributed by atoms with E-state index in [1.807, 2.05) is 25.1 Å². The van der Waals surface area contributed by atoms with Crippen LogP contribution < -0.4 is 9.47 Å². The van der Waals surface area contributed by atoms with Gasteiger partial charge in [0.2, 0.25) is 5.95 Å². The average molecular weight is 527 g/mol. The third-order valence-corrected chi connectivity index (χ3v) is 6.86. The zero-order valence-corrected chi connectivity index (χ0v) is 21.2. The number of hydrogen-bond donors (Lipinski definition) is 1. The molecule has 0 aliphatic carbocycles. The summed E-state index contributed by atoms with van der Waals surface area (Å²) in [5.74, 6) is -0.487. The molecule has 0 spiro atoms. The Balaban J connectivity index is 1.40. The monoisotopic (exact) mass is 526 g/mol. The number of aliphatic carboxylic acids is 1. The van der Waals surface area contributed by atoms with Crippen molar-refractivity contribution < 1.29 is 23.8 Å². The molecule has 0 saturated heterocycles. The van der Waals surface area contributed by atoms with E-state index in [0.717, 1.165) is 32.1 Å². The van der Waals surface area contributed by atoms with Gasteiger partial charge in [-0.1, -0.05) is 54.6 Å². The Morgan fingerprint density at radius 2 is 1.61 bits per heavy atom. The number of benzene rings is 3. The van der Waals surface area contributed by atoms with Crippen LogP contribution in [0.1, 0.15) is 10.6 Å². The first kappa shape index (κ1) is 25.1. The second-order valence-corrected chi connectivity index (χ2v) is 9.58. The standard InChI is InChI=1S/C30H23FN2O4S/c1-19-15-24(12-13-25(19)37-18-28(34)35)36-17-27-33-29(23-11-14-26(31)32-16-23)30(38-27)22-9-7-21(8-10-22)20-5-3-2-4-6-20/h2-16H,17-18H2,1H3,(H,34,35). The zero-order valence-electron chi connectivity index (χ0n) is 20.4. The Hall–Kier alpha value is -4.56. The molecule has 0 aliphatic rings. The maximum absolute atomic E-state index is 13.5. The molecule has 0 saturated carbocycles. The molecule has 8 heteroatoms. The van der Waals surface area contributed by atoms with Crippen LogP contribution >= 0.6 is 11.3 Å². The normalized spacial score (nSPS) is 10.8. The molecular formula is C30H23FN2O4S. The number of carbonyl (C=O) groups is 1. The van der Waals surface area contributed by atoms with Crippen molar-refractivity contribution in [1.82, 2.24) is 9.97 Å². The first-order chi connectivity index (χ1) is 18.5. The van der Waals surface area contributed by atoms with Crippen molar-refractivity contribution in [2.75, 3.05) is 6.61 Å². The highest BCUT2D eigenvalue weighted by Gasteiger charge is 2.17. The number of halogens is 1. The van der Waals surface area contributed by atoms with Gasteiger partial charge >= 0.3 is 5.97 Å². The van der Waals surface area contributed by atoms with E-state index in [4.69, 9.17) is 19.6 Å². The summed E-state index contributed by atoms with van der Waals surface area (Å²) < 4.78 is 24.8. The first-order valence-corrected chi connectivity index (χ1v) is 12.6. The van der Waals surface area contributed by atoms with Crippen LogP contribution in [0.3, 0.4) is 0 Å². The molecule has 38 heavy (non-hydrogen) atoms. The Kier molecular flexibility index (Phi) is 7.42. The van der Waals surface area contributed by atoms with Gasteiger partial charge in [0.15, 0.2) is 6.61 Å². The largest absolute Gasteiger partial charge is 0.486 e. The molecular weight excluding hydrogens is 503 g/mol. The number of carboxylic acid groups (broad SMARTS) is 1. The summed E-state index contributed by atoms with van der Waals surface area (Å²) >= 11 is 1.50. The lowest BCUT2D eigenvalue weighted by atomic mass is 10.0. The van der Waals surface area contributed by atoms with E-state index in [0.29, 0.717) is 22.8 Å². The number of thiazole rings is 1. The molecule has 3 aromatic carbocycles. The molecule has 2 heterocycles. The van der Waals surface area contributed by atoms with Gasteiger partial charge in [-0.3, -0.25) is 0 Å². The summed E-state index contributed by atoms with van der Waals surface area (Å²) in [5.41, 5.74) is 5.42. The van der Waals surface area contributed by atoms with E-state index in [1.54, 1.807) is 24.3 Å². The fraction of sp³-hybridized carbons (Fsp3) is 0.100. The Labute approximate surface area is 223 Å². The number of aromatic nitrogens is 2. The minimum absolute atomic E-state index is 0.225. The molecule has 0 radical (unpaired) electrons. The molecule has 5 rings (SSSR count). The van der Waals surface area contributed by atoms with E-state index in [-0.39, 0.29) is 6.61 Å². The molecule has 2 aromatic heterocycles. The van der Waals surface area contributed by atoms with Gasteiger partial charge in [-0.05, 0) is 59.5 Å². The van der Waals surface area contributed by atoms with Crippen LogP contribution in [-0.4, -0.2) is 27.7 Å². The number of nitrogens with zero attached hydrogens (tertiary/aromatic N) is 2. The quantitative estimate of drug-likeness (QED) is 0.208. The fourth-order valence-corrected chi connectivity index (χ4v) is 4.94. The highest BCUT2D eigenvalue weighted by molar-refractivity contribution is 7.15. The van der Waals surface area contributed by atoms with Gasteiger partial charge in [0.25, 0.3) is 0 Å². The predicted octanol–water partition coefficient (Wildman–Crippen LogP) is 7.03. The molecule has 6 nitrogen and oxygen atoms in total. The van der Waals surface area contributed by atoms with Crippen LogP contribution in [0.2, 0.25) is 0 Å². The predicted molar refractivity (Wildman–Crippen MR) is 145 cm³/mol. The fourth-order valence-electron chi connectivity index (χ4n) is 3.94. The van der Waals surface area contributed by atoms with Crippen molar-refractivity contribution in [2.45, 2.75) is 13.5 Å². The maximum atomic E-state index is 13.5. The Morgan fingerprint density at radius 3 is 2.29 bits per heavy atom. The summed E-state index contributed by atoms with van der Waals surface area (Å²) in [7, 11) is 0. The van der Waals surface area contributed by atoms with Crippen LogP contribution in [0, 0.1) is 12.9 Å². The summed E-state index contributed by atoms with van der Waals surface area (Å²) in [4.78, 5) is 20.3. The summed E-state index contributed by atoms with van der Waals surface area (Å²) in [5, 5.41) is 9.57. The van der Waals surface area contributed by atoms with Gasteiger partial charge in [-0.15, -0.1) is 11.3 Å². The number of aryl methyl sites for hydroxylation is 1. The average Bonchev–Trinajstić information content (AvgIpc) is 3.36. The SMILES string of the molecule is Cc1cc(OCc2nc(-c3ccc(F)nc3)c(-c3ccc(-c4ccccc4)cc3)s2)ccc1OCC(=O)O. The highest BCUT2D eigenvalue weighted by atomic mass is 32.1. The number of ether oxygens (including phenoxy) is 2. The Morgan fingerprint density at radius 1 is 0.895 bits per heavy atom. The van der Waals surface area contributed by atoms with Crippen molar-refractivity contribution in [3.63, 3.8) is 0 Å². The second kappa shape index (κ2) is 11.2. The van der Waals surface area contributed by atoms with Crippen LogP contribution in [0.4, 0.5) is 4.39 Å². The molecule has 1 N–H and O–H groups in total. The molecule has 0 bridgehead atoms. The van der Waals surface area contributed by atoms with Gasteiger partial charge in [0, 0.05) is 11.8 Å². The molecule has 5 aromatic rings. The minimum Gasteiger partial charge on any atom is -0.486 e. The van der Waals surface area contributed by atoms with Crippen LogP contribution in [0.25, 0.3) is 32.8 Å². The number of rotatable bonds is 9. The van der Waals surface area contributed by atoms with E-state index < -0.39 is 18.5 Å². The maximum Gasteiger partial charge on any atom is 0.341 e. The molecule has 0 fully saturated rings.